The minimum absolute atomic E-state index is 0.782. The molecule has 0 N–H and O–H groups in total. The highest BCUT2D eigenvalue weighted by molar-refractivity contribution is 6.30. The Hall–Kier alpha value is -0.980. The zero-order valence-electron chi connectivity index (χ0n) is 9.00. The summed E-state index contributed by atoms with van der Waals surface area (Å²) in [4.78, 5) is 0. The van der Waals surface area contributed by atoms with E-state index in [1.165, 1.54) is 16.7 Å². The monoisotopic (exact) mass is 250 g/mol. The van der Waals surface area contributed by atoms with Crippen molar-refractivity contribution in [3.8, 4) is 0 Å². The number of hydrogen-bond donors (Lipinski definition) is 0. The van der Waals surface area contributed by atoms with E-state index in [2.05, 4.69) is 19.1 Å². The molecule has 82 valence electrons. The van der Waals surface area contributed by atoms with Gasteiger partial charge in [-0.3, -0.25) is 0 Å². The van der Waals surface area contributed by atoms with Gasteiger partial charge in [-0.1, -0.05) is 41.4 Å². The molecule has 0 bridgehead atoms. The maximum Gasteiger partial charge on any atom is 0.0408 e. The van der Waals surface area contributed by atoms with E-state index in [4.69, 9.17) is 23.2 Å². The Labute approximate surface area is 106 Å². The second kappa shape index (κ2) is 4.90. The van der Waals surface area contributed by atoms with Crippen molar-refractivity contribution in [1.82, 2.24) is 0 Å². The van der Waals surface area contributed by atoms with E-state index in [-0.39, 0.29) is 0 Å². The van der Waals surface area contributed by atoms with E-state index >= 15 is 0 Å². The molecule has 0 spiro atoms. The van der Waals surface area contributed by atoms with Crippen molar-refractivity contribution in [2.24, 2.45) is 0 Å². The molecule has 2 heteroatoms. The molecule has 0 amide bonds. The molecule has 0 aliphatic heterocycles. The van der Waals surface area contributed by atoms with E-state index in [1.54, 1.807) is 0 Å². The van der Waals surface area contributed by atoms with Crippen molar-refractivity contribution in [3.05, 3.63) is 69.2 Å². The molecule has 0 aromatic heterocycles. The topological polar surface area (TPSA) is 0 Å². The van der Waals surface area contributed by atoms with Gasteiger partial charge in [0, 0.05) is 10.0 Å². The van der Waals surface area contributed by atoms with E-state index in [1.807, 2.05) is 30.3 Å². The van der Waals surface area contributed by atoms with Crippen molar-refractivity contribution >= 4 is 23.2 Å². The number of aryl methyl sites for hydroxylation is 1. The molecule has 0 radical (unpaired) electrons. The van der Waals surface area contributed by atoms with Gasteiger partial charge in [0.05, 0.1) is 0 Å². The first-order valence-corrected chi connectivity index (χ1v) is 5.90. The van der Waals surface area contributed by atoms with Crippen LogP contribution in [0.15, 0.2) is 42.5 Å². The van der Waals surface area contributed by atoms with Gasteiger partial charge in [0.15, 0.2) is 0 Å². The molecule has 0 fully saturated rings. The molecule has 0 aliphatic carbocycles. The highest BCUT2D eigenvalue weighted by Crippen LogP contribution is 2.19. The first kappa shape index (κ1) is 11.5. The number of hydrogen-bond acceptors (Lipinski definition) is 0. The van der Waals surface area contributed by atoms with Gasteiger partial charge in [0.25, 0.3) is 0 Å². The van der Waals surface area contributed by atoms with Crippen LogP contribution in [0.2, 0.25) is 10.0 Å². The Kier molecular flexibility index (Phi) is 3.52. The third-order valence-corrected chi connectivity index (χ3v) is 3.06. The van der Waals surface area contributed by atoms with Gasteiger partial charge in [-0.15, -0.1) is 0 Å². The summed E-state index contributed by atoms with van der Waals surface area (Å²) in [7, 11) is 0. The van der Waals surface area contributed by atoms with Crippen LogP contribution in [-0.2, 0) is 6.42 Å². The van der Waals surface area contributed by atoms with Gasteiger partial charge in [-0.05, 0) is 54.3 Å². The molecule has 0 saturated heterocycles. The SMILES string of the molecule is Cc1cc(Cl)ccc1Cc1cccc(Cl)c1. The summed E-state index contributed by atoms with van der Waals surface area (Å²) in [5, 5.41) is 1.57. The molecule has 0 nitrogen and oxygen atoms in total. The summed E-state index contributed by atoms with van der Waals surface area (Å²) in [5.74, 6) is 0. The lowest BCUT2D eigenvalue weighted by molar-refractivity contribution is 1.16. The largest absolute Gasteiger partial charge is 0.0843 e. The summed E-state index contributed by atoms with van der Waals surface area (Å²) in [6, 6.07) is 13.9. The Bertz CT molecular complexity index is 504. The predicted molar refractivity (Wildman–Crippen MR) is 70.4 cm³/mol. The standard InChI is InChI=1S/C14H12Cl2/c1-10-7-14(16)6-5-12(10)8-11-3-2-4-13(15)9-11/h2-7,9H,8H2,1H3. The maximum atomic E-state index is 5.95. The van der Waals surface area contributed by atoms with Crippen molar-refractivity contribution < 1.29 is 0 Å². The van der Waals surface area contributed by atoms with Crippen LogP contribution in [0.1, 0.15) is 16.7 Å². The molecular formula is C14H12Cl2. The molecule has 16 heavy (non-hydrogen) atoms. The average Bonchev–Trinajstić information content (AvgIpc) is 2.22. The van der Waals surface area contributed by atoms with Crippen LogP contribution in [0.5, 0.6) is 0 Å². The number of rotatable bonds is 2. The highest BCUT2D eigenvalue weighted by Gasteiger charge is 2.01. The Morgan fingerprint density at radius 2 is 1.69 bits per heavy atom. The van der Waals surface area contributed by atoms with Gasteiger partial charge in [-0.2, -0.15) is 0 Å². The van der Waals surface area contributed by atoms with E-state index in [9.17, 15) is 0 Å². The molecule has 2 aromatic carbocycles. The second-order valence-electron chi connectivity index (χ2n) is 3.88. The smallest absolute Gasteiger partial charge is 0.0408 e. The summed E-state index contributed by atoms with van der Waals surface area (Å²) >= 11 is 11.9. The molecule has 0 heterocycles. The number of benzene rings is 2. The maximum absolute atomic E-state index is 5.95. The molecule has 0 atom stereocenters. The van der Waals surface area contributed by atoms with Crippen LogP contribution in [0, 0.1) is 6.92 Å². The van der Waals surface area contributed by atoms with Crippen LogP contribution in [0.4, 0.5) is 0 Å². The minimum Gasteiger partial charge on any atom is -0.0843 e. The average molecular weight is 251 g/mol. The summed E-state index contributed by atoms with van der Waals surface area (Å²) < 4.78 is 0. The van der Waals surface area contributed by atoms with Crippen LogP contribution in [0.3, 0.4) is 0 Å². The van der Waals surface area contributed by atoms with Crippen molar-refractivity contribution in [1.29, 1.82) is 0 Å². The zero-order valence-corrected chi connectivity index (χ0v) is 10.5. The van der Waals surface area contributed by atoms with Gasteiger partial charge in [-0.25, -0.2) is 0 Å². The molecule has 0 aliphatic rings. The van der Waals surface area contributed by atoms with Gasteiger partial charge in [0.1, 0.15) is 0 Å². The van der Waals surface area contributed by atoms with Crippen LogP contribution < -0.4 is 0 Å². The van der Waals surface area contributed by atoms with Crippen molar-refractivity contribution in [2.45, 2.75) is 13.3 Å². The lowest BCUT2D eigenvalue weighted by Gasteiger charge is -2.06. The van der Waals surface area contributed by atoms with Crippen LogP contribution >= 0.6 is 23.2 Å². The van der Waals surface area contributed by atoms with Gasteiger partial charge < -0.3 is 0 Å². The van der Waals surface area contributed by atoms with Gasteiger partial charge >= 0.3 is 0 Å². The Morgan fingerprint density at radius 3 is 2.38 bits per heavy atom. The fourth-order valence-corrected chi connectivity index (χ4v) is 2.16. The Balaban J connectivity index is 2.27. The quantitative estimate of drug-likeness (QED) is 0.712. The second-order valence-corrected chi connectivity index (χ2v) is 4.75. The van der Waals surface area contributed by atoms with Crippen LogP contribution in [-0.4, -0.2) is 0 Å². The lowest BCUT2D eigenvalue weighted by atomic mass is 10.0. The Morgan fingerprint density at radius 1 is 0.938 bits per heavy atom. The first-order valence-electron chi connectivity index (χ1n) is 5.14. The minimum atomic E-state index is 0.782. The zero-order chi connectivity index (χ0) is 11.5. The van der Waals surface area contributed by atoms with Crippen LogP contribution in [0.25, 0.3) is 0 Å². The molecule has 0 saturated carbocycles. The highest BCUT2D eigenvalue weighted by atomic mass is 35.5. The number of halogens is 2. The third kappa shape index (κ3) is 2.78. The van der Waals surface area contributed by atoms with E-state index in [0.717, 1.165) is 16.5 Å². The van der Waals surface area contributed by atoms with Crippen molar-refractivity contribution in [3.63, 3.8) is 0 Å². The fourth-order valence-electron chi connectivity index (χ4n) is 1.72. The van der Waals surface area contributed by atoms with Gasteiger partial charge in [0.2, 0.25) is 0 Å². The van der Waals surface area contributed by atoms with E-state index in [0.29, 0.717) is 0 Å². The molecule has 2 rings (SSSR count). The lowest BCUT2D eigenvalue weighted by Crippen LogP contribution is -1.91. The molecule has 0 unspecified atom stereocenters. The third-order valence-electron chi connectivity index (χ3n) is 2.59. The summed E-state index contributed by atoms with van der Waals surface area (Å²) in [5.41, 5.74) is 3.72. The van der Waals surface area contributed by atoms with E-state index < -0.39 is 0 Å². The molecular weight excluding hydrogens is 239 g/mol. The normalized spacial score (nSPS) is 10.4. The summed E-state index contributed by atoms with van der Waals surface area (Å²) in [6.07, 6.45) is 0.892. The predicted octanol–water partition coefficient (Wildman–Crippen LogP) is 4.89. The van der Waals surface area contributed by atoms with Crippen molar-refractivity contribution in [2.75, 3.05) is 0 Å². The first-order chi connectivity index (χ1) is 7.65. The summed E-state index contributed by atoms with van der Waals surface area (Å²) in [6.45, 7) is 2.08. The molecule has 2 aromatic rings. The fraction of sp³-hybridized carbons (Fsp3) is 0.143.